The summed E-state index contributed by atoms with van der Waals surface area (Å²) >= 11 is 11.7. The van der Waals surface area contributed by atoms with Gasteiger partial charge in [0.25, 0.3) is 5.91 Å². The van der Waals surface area contributed by atoms with Crippen LogP contribution >= 0.6 is 23.2 Å². The van der Waals surface area contributed by atoms with Gasteiger partial charge in [0.15, 0.2) is 5.76 Å². The third-order valence-corrected chi connectivity index (χ3v) is 3.83. The van der Waals surface area contributed by atoms with E-state index in [1.165, 1.54) is 23.3 Å². The molecule has 0 saturated heterocycles. The van der Waals surface area contributed by atoms with Crippen LogP contribution < -0.4 is 16.2 Å². The van der Waals surface area contributed by atoms with Gasteiger partial charge in [0.05, 0.1) is 29.4 Å². The van der Waals surface area contributed by atoms with Crippen LogP contribution in [-0.4, -0.2) is 42.8 Å². The highest BCUT2D eigenvalue weighted by Gasteiger charge is 2.13. The molecule has 0 unspecified atom stereocenters. The predicted octanol–water partition coefficient (Wildman–Crippen LogP) is 1.92. The highest BCUT2D eigenvalue weighted by atomic mass is 35.5. The van der Waals surface area contributed by atoms with Crippen molar-refractivity contribution in [2.45, 2.75) is 0 Å². The molecule has 0 bridgehead atoms. The van der Waals surface area contributed by atoms with Crippen molar-refractivity contribution in [1.29, 1.82) is 0 Å². The second-order valence-electron chi connectivity index (χ2n) is 5.33. The number of hydrogen-bond acceptors (Lipinski definition) is 5. The summed E-state index contributed by atoms with van der Waals surface area (Å²) in [6.45, 7) is -0.146. The molecule has 0 saturated carbocycles. The van der Waals surface area contributed by atoms with E-state index >= 15 is 0 Å². The number of anilines is 1. The lowest BCUT2D eigenvalue weighted by Gasteiger charge is -2.16. The minimum atomic E-state index is -0.580. The maximum atomic E-state index is 12.0. The lowest BCUT2D eigenvalue weighted by molar-refractivity contribution is -0.123. The van der Waals surface area contributed by atoms with Crippen molar-refractivity contribution in [2.24, 2.45) is 0 Å². The van der Waals surface area contributed by atoms with Gasteiger partial charge in [-0.15, -0.1) is 0 Å². The van der Waals surface area contributed by atoms with E-state index in [1.807, 2.05) is 0 Å². The quantitative estimate of drug-likeness (QED) is 0.644. The Morgan fingerprint density at radius 3 is 2.42 bits per heavy atom. The molecule has 0 aliphatic carbocycles. The van der Waals surface area contributed by atoms with E-state index in [0.717, 1.165) is 0 Å². The van der Waals surface area contributed by atoms with E-state index in [2.05, 4.69) is 16.2 Å². The fourth-order valence-electron chi connectivity index (χ4n) is 1.96. The summed E-state index contributed by atoms with van der Waals surface area (Å²) in [5.74, 6) is -1.34. The van der Waals surface area contributed by atoms with Crippen molar-refractivity contribution in [2.75, 3.05) is 25.5 Å². The first-order valence-corrected chi connectivity index (χ1v) is 8.17. The summed E-state index contributed by atoms with van der Waals surface area (Å²) in [5.41, 5.74) is 4.94. The van der Waals surface area contributed by atoms with Crippen LogP contribution in [0.25, 0.3) is 0 Å². The number of likely N-dealkylation sites (N-methyl/N-ethyl adjacent to an activating group) is 1. The third kappa shape index (κ3) is 6.07. The number of rotatable bonds is 6. The number of carbonyl (C=O) groups excluding carboxylic acids is 3. The third-order valence-electron chi connectivity index (χ3n) is 3.09. The SMILES string of the molecule is CN(CC(=O)NNC(=O)c1ccco1)CC(=O)Nc1ccc(Cl)c(Cl)c1. The lowest BCUT2D eigenvalue weighted by atomic mass is 10.3. The highest BCUT2D eigenvalue weighted by Crippen LogP contribution is 2.24. The molecule has 138 valence electrons. The summed E-state index contributed by atoms with van der Waals surface area (Å²) in [4.78, 5) is 36.9. The van der Waals surface area contributed by atoms with E-state index in [4.69, 9.17) is 27.6 Å². The minimum absolute atomic E-state index is 0.0419. The Morgan fingerprint density at radius 2 is 1.77 bits per heavy atom. The first kappa shape index (κ1) is 19.8. The fraction of sp³-hybridized carbons (Fsp3) is 0.188. The van der Waals surface area contributed by atoms with Gasteiger partial charge in [-0.25, -0.2) is 0 Å². The van der Waals surface area contributed by atoms with Crippen molar-refractivity contribution in [3.63, 3.8) is 0 Å². The van der Waals surface area contributed by atoms with E-state index < -0.39 is 11.8 Å². The average Bonchev–Trinajstić information content (AvgIpc) is 3.10. The molecule has 0 aliphatic rings. The van der Waals surface area contributed by atoms with Crippen LogP contribution in [0.5, 0.6) is 0 Å². The molecule has 0 fully saturated rings. The average molecular weight is 399 g/mol. The van der Waals surface area contributed by atoms with Gasteiger partial charge in [-0.1, -0.05) is 23.2 Å². The molecule has 1 heterocycles. The molecule has 3 N–H and O–H groups in total. The molecular weight excluding hydrogens is 383 g/mol. The molecule has 0 radical (unpaired) electrons. The molecule has 1 aromatic carbocycles. The van der Waals surface area contributed by atoms with Gasteiger partial charge in [-0.2, -0.15) is 0 Å². The summed E-state index contributed by atoms with van der Waals surface area (Å²) in [6, 6.07) is 7.72. The zero-order chi connectivity index (χ0) is 19.1. The fourth-order valence-corrected chi connectivity index (χ4v) is 2.25. The molecular formula is C16H16Cl2N4O4. The number of amides is 3. The summed E-state index contributed by atoms with van der Waals surface area (Å²) < 4.78 is 4.89. The molecule has 3 amide bonds. The Labute approximate surface area is 159 Å². The standard InChI is InChI=1S/C16H16Cl2N4O4/c1-22(8-14(23)19-10-4-5-11(17)12(18)7-10)9-15(24)20-21-16(25)13-3-2-6-26-13/h2-7H,8-9H2,1H3,(H,19,23)(H,20,24)(H,21,25). The van der Waals surface area contributed by atoms with Crippen LogP contribution in [0.4, 0.5) is 5.69 Å². The predicted molar refractivity (Wildman–Crippen MR) is 96.9 cm³/mol. The smallest absolute Gasteiger partial charge is 0.305 e. The van der Waals surface area contributed by atoms with Gasteiger partial charge in [-0.3, -0.25) is 30.1 Å². The van der Waals surface area contributed by atoms with Crippen LogP contribution in [0, 0.1) is 0 Å². The van der Waals surface area contributed by atoms with Crippen LogP contribution in [-0.2, 0) is 9.59 Å². The van der Waals surface area contributed by atoms with Crippen molar-refractivity contribution in [3.8, 4) is 0 Å². The van der Waals surface area contributed by atoms with Gasteiger partial charge in [0.1, 0.15) is 0 Å². The van der Waals surface area contributed by atoms with Gasteiger partial charge >= 0.3 is 5.91 Å². The topological polar surface area (TPSA) is 104 Å². The first-order chi connectivity index (χ1) is 12.3. The Morgan fingerprint density at radius 1 is 1.04 bits per heavy atom. The number of nitrogens with one attached hydrogen (secondary N) is 3. The summed E-state index contributed by atoms with van der Waals surface area (Å²) in [6.07, 6.45) is 1.34. The number of nitrogens with zero attached hydrogens (tertiary/aromatic N) is 1. The summed E-state index contributed by atoms with van der Waals surface area (Å²) in [5, 5.41) is 3.35. The largest absolute Gasteiger partial charge is 0.459 e. The molecule has 26 heavy (non-hydrogen) atoms. The van der Waals surface area contributed by atoms with Gasteiger partial charge in [-0.05, 0) is 37.4 Å². The van der Waals surface area contributed by atoms with Crippen LogP contribution in [0.2, 0.25) is 10.0 Å². The van der Waals surface area contributed by atoms with Gasteiger partial charge < -0.3 is 9.73 Å². The normalized spacial score (nSPS) is 10.5. The highest BCUT2D eigenvalue weighted by molar-refractivity contribution is 6.42. The molecule has 2 rings (SSSR count). The molecule has 1 aromatic heterocycles. The monoisotopic (exact) mass is 398 g/mol. The van der Waals surface area contributed by atoms with E-state index in [0.29, 0.717) is 15.7 Å². The first-order valence-electron chi connectivity index (χ1n) is 7.41. The van der Waals surface area contributed by atoms with Gasteiger partial charge in [0.2, 0.25) is 5.91 Å². The van der Waals surface area contributed by atoms with Crippen molar-refractivity contribution >= 4 is 46.6 Å². The number of hydrogen-bond donors (Lipinski definition) is 3. The molecule has 2 aromatic rings. The molecule has 0 spiro atoms. The zero-order valence-electron chi connectivity index (χ0n) is 13.7. The molecule has 10 heteroatoms. The van der Waals surface area contributed by atoms with Crippen molar-refractivity contribution in [3.05, 3.63) is 52.4 Å². The Kier molecular flexibility index (Phi) is 7.02. The Balaban J connectivity index is 1.73. The number of benzene rings is 1. The van der Waals surface area contributed by atoms with Crippen LogP contribution in [0.3, 0.4) is 0 Å². The Hall–Kier alpha value is -2.55. The second-order valence-corrected chi connectivity index (χ2v) is 6.14. The number of carbonyl (C=O) groups is 3. The summed E-state index contributed by atoms with van der Waals surface area (Å²) in [7, 11) is 1.59. The number of halogens is 2. The lowest BCUT2D eigenvalue weighted by Crippen LogP contribution is -2.46. The van der Waals surface area contributed by atoms with Crippen LogP contribution in [0.1, 0.15) is 10.6 Å². The van der Waals surface area contributed by atoms with E-state index in [-0.39, 0.29) is 24.8 Å². The molecule has 0 aliphatic heterocycles. The zero-order valence-corrected chi connectivity index (χ0v) is 15.2. The van der Waals surface area contributed by atoms with E-state index in [1.54, 1.807) is 25.2 Å². The maximum Gasteiger partial charge on any atom is 0.305 e. The molecule has 0 atom stereocenters. The van der Waals surface area contributed by atoms with E-state index in [9.17, 15) is 14.4 Å². The maximum absolute atomic E-state index is 12.0. The molecule has 8 nitrogen and oxygen atoms in total. The van der Waals surface area contributed by atoms with Crippen LogP contribution in [0.15, 0.2) is 41.0 Å². The van der Waals surface area contributed by atoms with Crippen molar-refractivity contribution in [1.82, 2.24) is 15.8 Å². The minimum Gasteiger partial charge on any atom is -0.459 e. The number of furan rings is 1. The Bertz CT molecular complexity index is 796. The second kappa shape index (κ2) is 9.23. The number of hydrazine groups is 1. The van der Waals surface area contributed by atoms with Crippen molar-refractivity contribution < 1.29 is 18.8 Å². The van der Waals surface area contributed by atoms with Gasteiger partial charge in [0, 0.05) is 5.69 Å².